The molecule has 2 unspecified atom stereocenters. The largest absolute Gasteiger partial charge is 0.399 e. The van der Waals surface area contributed by atoms with Crippen LogP contribution in [-0.4, -0.2) is 70.4 Å². The van der Waals surface area contributed by atoms with Crippen LogP contribution in [-0.2, 0) is 50.2 Å². The SMILES string of the molecule is CCc1ccc(CNC(=O)C2C=CC(C3CCN(C(=O)CCCNC(=O)Cc4ccc(N)cc4)CC3)n3c(=O)n(CCS(=O)(=O)c4ccccc4)c(=O)n32)cc1. The van der Waals surface area contributed by atoms with E-state index in [0.717, 1.165) is 32.4 Å². The van der Waals surface area contributed by atoms with Crippen LogP contribution < -0.4 is 27.7 Å². The van der Waals surface area contributed by atoms with Crippen LogP contribution >= 0.6 is 0 Å². The summed E-state index contributed by atoms with van der Waals surface area (Å²) >= 11 is 0. The molecule has 6 rings (SSSR count). The number of sulfone groups is 1. The number of anilines is 1. The number of nitrogens with two attached hydrogens (primary N) is 1. The summed E-state index contributed by atoms with van der Waals surface area (Å²) in [7, 11) is -3.82. The second kappa shape index (κ2) is 17.8. The minimum absolute atomic E-state index is 0.0312. The van der Waals surface area contributed by atoms with Crippen LogP contribution in [0.15, 0.2) is 105 Å². The first kappa shape index (κ1) is 40.0. The molecule has 0 aliphatic carbocycles. The topological polar surface area (TPSA) is 188 Å². The van der Waals surface area contributed by atoms with Gasteiger partial charge in [0.05, 0.1) is 23.1 Å². The van der Waals surface area contributed by atoms with Crippen molar-refractivity contribution in [1.82, 2.24) is 29.5 Å². The van der Waals surface area contributed by atoms with E-state index in [2.05, 4.69) is 17.6 Å². The normalized spacial score (nSPS) is 17.0. The van der Waals surface area contributed by atoms with E-state index in [9.17, 15) is 32.4 Å². The molecule has 0 saturated carbocycles. The molecule has 0 spiro atoms. The number of nitrogens with zero attached hydrogens (tertiary/aromatic N) is 4. The van der Waals surface area contributed by atoms with Gasteiger partial charge in [0.2, 0.25) is 17.7 Å². The number of amides is 3. The molecule has 14 nitrogen and oxygen atoms in total. The number of aromatic nitrogens is 3. The van der Waals surface area contributed by atoms with E-state index in [1.807, 2.05) is 24.3 Å². The maximum absolute atomic E-state index is 14.1. The van der Waals surface area contributed by atoms with Gasteiger partial charge in [0, 0.05) is 44.8 Å². The van der Waals surface area contributed by atoms with E-state index >= 15 is 0 Å². The van der Waals surface area contributed by atoms with Crippen LogP contribution in [0.5, 0.6) is 0 Å². The summed E-state index contributed by atoms with van der Waals surface area (Å²) in [6, 6.07) is 21.0. The Morgan fingerprint density at radius 1 is 0.804 bits per heavy atom. The Balaban J connectivity index is 1.12. The molecular formula is C41H49N7O7S. The van der Waals surface area contributed by atoms with Crippen molar-refractivity contribution >= 4 is 33.2 Å². The Hall–Kier alpha value is -5.70. The Labute approximate surface area is 325 Å². The van der Waals surface area contributed by atoms with Gasteiger partial charge in [-0.3, -0.25) is 14.4 Å². The fourth-order valence-corrected chi connectivity index (χ4v) is 8.54. The fourth-order valence-electron chi connectivity index (χ4n) is 7.31. The minimum Gasteiger partial charge on any atom is -0.399 e. The molecule has 4 aromatic rings. The average molecular weight is 784 g/mol. The first-order valence-electron chi connectivity index (χ1n) is 19.1. The number of fused-ring (bicyclic) bond motifs is 1. The number of hydrogen-bond donors (Lipinski definition) is 3. The van der Waals surface area contributed by atoms with Crippen LogP contribution in [0.2, 0.25) is 0 Å². The van der Waals surface area contributed by atoms with Crippen LogP contribution in [0.3, 0.4) is 0 Å². The Kier molecular flexibility index (Phi) is 12.7. The molecule has 2 atom stereocenters. The summed E-state index contributed by atoms with van der Waals surface area (Å²) in [5.74, 6) is -1.27. The third kappa shape index (κ3) is 9.39. The second-order valence-corrected chi connectivity index (χ2v) is 16.4. The monoisotopic (exact) mass is 783 g/mol. The van der Waals surface area contributed by atoms with Gasteiger partial charge in [0.1, 0.15) is 0 Å². The van der Waals surface area contributed by atoms with Gasteiger partial charge in [-0.2, -0.15) is 0 Å². The fraction of sp³-hybridized carbons (Fsp3) is 0.390. The lowest BCUT2D eigenvalue weighted by Gasteiger charge is -2.37. The van der Waals surface area contributed by atoms with E-state index in [1.165, 1.54) is 16.8 Å². The van der Waals surface area contributed by atoms with Gasteiger partial charge in [-0.15, -0.1) is 0 Å². The number of aryl methyl sites for hydroxylation is 1. The number of carbonyl (C=O) groups excluding carboxylic acids is 3. The maximum atomic E-state index is 14.1. The van der Waals surface area contributed by atoms with Crippen LogP contribution in [0, 0.1) is 5.92 Å². The van der Waals surface area contributed by atoms with Crippen LogP contribution in [0.25, 0.3) is 0 Å². The van der Waals surface area contributed by atoms with Crippen molar-refractivity contribution in [3.8, 4) is 0 Å². The first-order chi connectivity index (χ1) is 26.9. The molecule has 1 saturated heterocycles. The highest BCUT2D eigenvalue weighted by molar-refractivity contribution is 7.91. The van der Waals surface area contributed by atoms with Crippen molar-refractivity contribution in [3.05, 3.63) is 129 Å². The predicted molar refractivity (Wildman–Crippen MR) is 212 cm³/mol. The number of carbonyl (C=O) groups is 3. The molecule has 1 aromatic heterocycles. The summed E-state index contributed by atoms with van der Waals surface area (Å²) in [5, 5.41) is 5.75. The van der Waals surface area contributed by atoms with Crippen LogP contribution in [0.1, 0.15) is 61.4 Å². The lowest BCUT2D eigenvalue weighted by Crippen LogP contribution is -2.46. The number of nitrogens with one attached hydrogen (secondary N) is 2. The molecule has 0 bridgehead atoms. The number of nitrogen functional groups attached to an aromatic ring is 1. The van der Waals surface area contributed by atoms with E-state index in [-0.39, 0.29) is 48.6 Å². The molecule has 3 aromatic carbocycles. The molecule has 2 aliphatic heterocycles. The summed E-state index contributed by atoms with van der Waals surface area (Å²) in [6.45, 7) is 3.13. The highest BCUT2D eigenvalue weighted by Gasteiger charge is 2.37. The van der Waals surface area contributed by atoms with Gasteiger partial charge in [-0.25, -0.2) is 31.9 Å². The average Bonchev–Trinajstić information content (AvgIpc) is 3.47. The zero-order chi connectivity index (χ0) is 39.8. The molecule has 3 amide bonds. The number of piperidine rings is 1. The van der Waals surface area contributed by atoms with Crippen molar-refractivity contribution in [1.29, 1.82) is 0 Å². The highest BCUT2D eigenvalue weighted by Crippen LogP contribution is 2.33. The zero-order valence-electron chi connectivity index (χ0n) is 31.5. The van der Waals surface area contributed by atoms with Crippen molar-refractivity contribution in [2.24, 2.45) is 5.92 Å². The summed E-state index contributed by atoms with van der Waals surface area (Å²) in [6.07, 6.45) is 6.35. The lowest BCUT2D eigenvalue weighted by atomic mass is 9.88. The van der Waals surface area contributed by atoms with E-state index in [0.29, 0.717) is 44.6 Å². The maximum Gasteiger partial charge on any atom is 0.348 e. The Morgan fingerprint density at radius 3 is 2.12 bits per heavy atom. The molecule has 4 N–H and O–H groups in total. The molecule has 15 heteroatoms. The number of benzene rings is 3. The summed E-state index contributed by atoms with van der Waals surface area (Å²) in [5.41, 5.74) is 7.76. The number of likely N-dealkylation sites (tertiary alicyclic amines) is 1. The van der Waals surface area contributed by atoms with Crippen molar-refractivity contribution in [3.63, 3.8) is 0 Å². The van der Waals surface area contributed by atoms with E-state index in [1.54, 1.807) is 59.5 Å². The summed E-state index contributed by atoms with van der Waals surface area (Å²) < 4.78 is 29.6. The second-order valence-electron chi connectivity index (χ2n) is 14.3. The Bertz CT molecular complexity index is 2270. The van der Waals surface area contributed by atoms with Gasteiger partial charge >= 0.3 is 11.4 Å². The highest BCUT2D eigenvalue weighted by atomic mass is 32.2. The zero-order valence-corrected chi connectivity index (χ0v) is 32.3. The minimum atomic E-state index is -3.82. The quantitative estimate of drug-likeness (QED) is 0.0933. The van der Waals surface area contributed by atoms with Gasteiger partial charge in [0.15, 0.2) is 15.9 Å². The first-order valence-corrected chi connectivity index (χ1v) is 20.7. The van der Waals surface area contributed by atoms with Crippen molar-refractivity contribution in [2.75, 3.05) is 31.1 Å². The molecule has 3 heterocycles. The number of rotatable bonds is 15. The molecule has 2 aliphatic rings. The van der Waals surface area contributed by atoms with Crippen molar-refractivity contribution in [2.45, 2.75) is 75.5 Å². The van der Waals surface area contributed by atoms with E-state index in [4.69, 9.17) is 5.73 Å². The summed E-state index contributed by atoms with van der Waals surface area (Å²) in [4.78, 5) is 69.0. The van der Waals surface area contributed by atoms with Gasteiger partial charge in [-0.05, 0) is 72.6 Å². The molecule has 0 radical (unpaired) electrons. The third-order valence-electron chi connectivity index (χ3n) is 10.6. The van der Waals surface area contributed by atoms with Gasteiger partial charge in [0.25, 0.3) is 0 Å². The predicted octanol–water partition coefficient (Wildman–Crippen LogP) is 2.78. The third-order valence-corrected chi connectivity index (χ3v) is 12.3. The van der Waals surface area contributed by atoms with Crippen molar-refractivity contribution < 1.29 is 22.8 Å². The number of hydrogen-bond acceptors (Lipinski definition) is 8. The standard InChI is InChI=1S/C41H49N7O7S/c1-2-29-10-12-31(13-11-29)28-44-39(51)36-19-18-35(47-40(52)46(41(53)48(36)47)25-26-56(54,55)34-7-4-3-5-8-34)32-20-23-45(24-21-32)38(50)9-6-22-43-37(49)27-30-14-16-33(42)17-15-30/h3-5,7-8,10-19,32,35-36H,2,6,9,20-28,42H2,1H3,(H,43,49)(H,44,51). The number of allylic oxidation sites excluding steroid dienone is 1. The molecule has 56 heavy (non-hydrogen) atoms. The Morgan fingerprint density at radius 2 is 1.45 bits per heavy atom. The van der Waals surface area contributed by atoms with E-state index < -0.39 is 45.0 Å². The molecule has 1 fully saturated rings. The van der Waals surface area contributed by atoms with Gasteiger partial charge in [-0.1, -0.05) is 73.7 Å². The van der Waals surface area contributed by atoms with Gasteiger partial charge < -0.3 is 21.3 Å². The smallest absolute Gasteiger partial charge is 0.348 e. The van der Waals surface area contributed by atoms with Crippen LogP contribution in [0.4, 0.5) is 5.69 Å². The molecular weight excluding hydrogens is 735 g/mol. The lowest BCUT2D eigenvalue weighted by molar-refractivity contribution is -0.133. The molecule has 296 valence electrons.